The molecule has 2 aliphatic heterocycles. The van der Waals surface area contributed by atoms with Gasteiger partial charge in [-0.25, -0.2) is 9.78 Å². The SMILES string of the molecule is CCc1cc([C@H]2O[C@@H](n3cnc4c(NC(CC)CC)nc(N5CC[C@@H](N(C)C)C5)nc43)[C@H](O)[C@@H]2OC(=O)C(F)(F)F)on1. The molecule has 0 amide bonds. The number of halogens is 3. The van der Waals surface area contributed by atoms with E-state index in [4.69, 9.17) is 24.0 Å². The third-order valence-electron chi connectivity index (χ3n) is 8.09. The van der Waals surface area contributed by atoms with Gasteiger partial charge in [-0.05, 0) is 39.8 Å². The third kappa shape index (κ3) is 6.13. The molecule has 0 radical (unpaired) electrons. The lowest BCUT2D eigenvalue weighted by atomic mass is 10.1. The van der Waals surface area contributed by atoms with Crippen LogP contribution in [0, 0.1) is 0 Å². The van der Waals surface area contributed by atoms with E-state index in [9.17, 15) is 23.1 Å². The summed E-state index contributed by atoms with van der Waals surface area (Å²) in [6.07, 6.45) is -7.02. The predicted molar refractivity (Wildman–Crippen MR) is 148 cm³/mol. The lowest BCUT2D eigenvalue weighted by Crippen LogP contribution is -2.38. The summed E-state index contributed by atoms with van der Waals surface area (Å²) in [5.41, 5.74) is 1.21. The summed E-state index contributed by atoms with van der Waals surface area (Å²) < 4.78 is 57.2. The smallest absolute Gasteiger partial charge is 0.449 e. The maximum atomic E-state index is 13.2. The van der Waals surface area contributed by atoms with Crippen LogP contribution in [0.15, 0.2) is 16.9 Å². The Balaban J connectivity index is 1.56. The first-order valence-corrected chi connectivity index (χ1v) is 14.4. The molecule has 0 saturated carbocycles. The number of aryl methyl sites for hydroxylation is 1. The van der Waals surface area contributed by atoms with Crippen molar-refractivity contribution in [2.45, 2.75) is 89.3 Å². The van der Waals surface area contributed by atoms with Gasteiger partial charge in [0.2, 0.25) is 5.95 Å². The lowest BCUT2D eigenvalue weighted by Gasteiger charge is -2.23. The minimum Gasteiger partial charge on any atom is -0.449 e. The molecule has 2 N–H and O–H groups in total. The number of ether oxygens (including phenoxy) is 2. The number of aliphatic hydroxyl groups excluding tert-OH is 1. The molecule has 3 aromatic heterocycles. The van der Waals surface area contributed by atoms with E-state index in [1.165, 1.54) is 17.0 Å². The highest BCUT2D eigenvalue weighted by Gasteiger charge is 2.53. The Morgan fingerprint density at radius 2 is 2.00 bits per heavy atom. The summed E-state index contributed by atoms with van der Waals surface area (Å²) in [5, 5.41) is 18.6. The van der Waals surface area contributed by atoms with Crippen molar-refractivity contribution in [1.29, 1.82) is 0 Å². The molecule has 13 nitrogen and oxygen atoms in total. The zero-order chi connectivity index (χ0) is 31.1. The molecule has 5 atom stereocenters. The Hall–Kier alpha value is -3.50. The molecule has 0 aliphatic carbocycles. The molecule has 2 fully saturated rings. The number of hydrogen-bond donors (Lipinski definition) is 2. The Labute approximate surface area is 246 Å². The number of carbonyl (C=O) groups excluding carboxylic acids is 1. The summed E-state index contributed by atoms with van der Waals surface area (Å²) in [5.74, 6) is -1.50. The van der Waals surface area contributed by atoms with Crippen molar-refractivity contribution in [3.63, 3.8) is 0 Å². The second-order valence-corrected chi connectivity index (χ2v) is 11.1. The highest BCUT2D eigenvalue weighted by Crippen LogP contribution is 2.43. The van der Waals surface area contributed by atoms with Gasteiger partial charge < -0.3 is 34.2 Å². The van der Waals surface area contributed by atoms with Crippen LogP contribution in [-0.2, 0) is 20.7 Å². The summed E-state index contributed by atoms with van der Waals surface area (Å²) in [7, 11) is 4.03. The minimum atomic E-state index is -5.28. The second-order valence-electron chi connectivity index (χ2n) is 11.1. The predicted octanol–water partition coefficient (Wildman–Crippen LogP) is 3.22. The molecule has 0 aromatic carbocycles. The van der Waals surface area contributed by atoms with Gasteiger partial charge in [-0.15, -0.1) is 0 Å². The number of alkyl halides is 3. The van der Waals surface area contributed by atoms with Gasteiger partial charge in [-0.3, -0.25) is 4.57 Å². The van der Waals surface area contributed by atoms with Gasteiger partial charge in [0.1, 0.15) is 6.10 Å². The lowest BCUT2D eigenvalue weighted by molar-refractivity contribution is -0.210. The highest BCUT2D eigenvalue weighted by molar-refractivity contribution is 5.84. The third-order valence-corrected chi connectivity index (χ3v) is 8.09. The Morgan fingerprint density at radius 3 is 2.60 bits per heavy atom. The van der Waals surface area contributed by atoms with Gasteiger partial charge in [0.15, 0.2) is 41.2 Å². The number of aromatic nitrogens is 5. The molecule has 2 saturated heterocycles. The first-order valence-electron chi connectivity index (χ1n) is 14.4. The number of nitrogens with one attached hydrogen (secondary N) is 1. The van der Waals surface area contributed by atoms with Crippen molar-refractivity contribution in [3.05, 3.63) is 23.8 Å². The molecule has 43 heavy (non-hydrogen) atoms. The molecule has 5 rings (SSSR count). The molecule has 236 valence electrons. The Morgan fingerprint density at radius 1 is 1.26 bits per heavy atom. The first kappa shape index (κ1) is 30.9. The molecule has 0 spiro atoms. The molecule has 5 heterocycles. The Bertz CT molecular complexity index is 1430. The molecular formula is C27H37F3N8O5. The number of esters is 1. The largest absolute Gasteiger partial charge is 0.490 e. The number of carbonyl (C=O) groups is 1. The van der Waals surface area contributed by atoms with Crippen LogP contribution in [0.5, 0.6) is 0 Å². The number of fused-ring (bicyclic) bond motifs is 1. The molecular weight excluding hydrogens is 573 g/mol. The van der Waals surface area contributed by atoms with Gasteiger partial charge in [0, 0.05) is 31.2 Å². The van der Waals surface area contributed by atoms with Crippen molar-refractivity contribution in [2.75, 3.05) is 37.4 Å². The summed E-state index contributed by atoms with van der Waals surface area (Å²) >= 11 is 0. The quantitative estimate of drug-likeness (QED) is 0.325. The monoisotopic (exact) mass is 610 g/mol. The zero-order valence-corrected chi connectivity index (χ0v) is 24.7. The van der Waals surface area contributed by atoms with E-state index in [-0.39, 0.29) is 11.8 Å². The van der Waals surface area contributed by atoms with E-state index in [2.05, 4.69) is 39.1 Å². The maximum absolute atomic E-state index is 13.2. The van der Waals surface area contributed by atoms with E-state index < -0.39 is 36.7 Å². The average molecular weight is 611 g/mol. The number of hydrogen-bond acceptors (Lipinski definition) is 12. The van der Waals surface area contributed by atoms with Crippen LogP contribution < -0.4 is 10.2 Å². The van der Waals surface area contributed by atoms with Gasteiger partial charge in [0.25, 0.3) is 0 Å². The van der Waals surface area contributed by atoms with E-state index in [0.29, 0.717) is 47.6 Å². The van der Waals surface area contributed by atoms with Gasteiger partial charge >= 0.3 is 12.1 Å². The van der Waals surface area contributed by atoms with Crippen molar-refractivity contribution < 1.29 is 37.1 Å². The summed E-state index contributed by atoms with van der Waals surface area (Å²) in [6.45, 7) is 7.35. The van der Waals surface area contributed by atoms with Gasteiger partial charge in [-0.2, -0.15) is 23.1 Å². The van der Waals surface area contributed by atoms with E-state index in [1.54, 1.807) is 0 Å². The van der Waals surface area contributed by atoms with Gasteiger partial charge in [-0.1, -0.05) is 25.9 Å². The molecule has 2 aliphatic rings. The normalized spacial score (nSPS) is 24.5. The highest BCUT2D eigenvalue weighted by atomic mass is 19.4. The van der Waals surface area contributed by atoms with Crippen molar-refractivity contribution >= 4 is 28.9 Å². The number of likely N-dealkylation sites (N-methyl/N-ethyl adjacent to an activating group) is 1. The van der Waals surface area contributed by atoms with Crippen molar-refractivity contribution in [3.8, 4) is 0 Å². The van der Waals surface area contributed by atoms with Crippen molar-refractivity contribution in [2.24, 2.45) is 0 Å². The fourth-order valence-electron chi connectivity index (χ4n) is 5.42. The second kappa shape index (κ2) is 12.2. The van der Waals surface area contributed by atoms with Crippen LogP contribution in [-0.4, -0.2) is 98.3 Å². The Kier molecular flexibility index (Phi) is 8.81. The van der Waals surface area contributed by atoms with Gasteiger partial charge in [0.05, 0.1) is 12.0 Å². The molecule has 0 bridgehead atoms. The van der Waals surface area contributed by atoms with Crippen LogP contribution in [0.4, 0.5) is 24.9 Å². The number of anilines is 2. The topological polar surface area (TPSA) is 144 Å². The van der Waals surface area contributed by atoms with E-state index in [1.807, 2.05) is 21.0 Å². The molecule has 0 unspecified atom stereocenters. The molecule has 3 aromatic rings. The van der Waals surface area contributed by atoms with E-state index in [0.717, 1.165) is 25.8 Å². The summed E-state index contributed by atoms with van der Waals surface area (Å²) in [6, 6.07) is 1.90. The minimum absolute atomic E-state index is 0.0148. The van der Waals surface area contributed by atoms with Crippen LogP contribution in [0.1, 0.15) is 63.8 Å². The van der Waals surface area contributed by atoms with Crippen LogP contribution >= 0.6 is 0 Å². The number of imidazole rings is 1. The zero-order valence-electron chi connectivity index (χ0n) is 24.7. The number of aliphatic hydroxyl groups is 1. The first-order chi connectivity index (χ1) is 20.4. The fourth-order valence-corrected chi connectivity index (χ4v) is 5.42. The van der Waals surface area contributed by atoms with Crippen molar-refractivity contribution in [1.82, 2.24) is 29.6 Å². The van der Waals surface area contributed by atoms with Crippen LogP contribution in [0.25, 0.3) is 11.2 Å². The average Bonchev–Trinajstić information content (AvgIpc) is 3.77. The number of nitrogens with zero attached hydrogens (tertiary/aromatic N) is 7. The standard InChI is InChI=1S/C27H37F3N8O5/c1-6-14(7-2)32-22-18-23(34-26(33-22)37-10-9-16(12-37)36(4)5)38(13-31-18)24-19(39)21(42-25(40)27(28,29)30)20(41-24)17-11-15(8-3)35-43-17/h11,13-14,16,19-21,24,39H,6-10,12H2,1-5H3,(H,32,33,34)/t16-,19-,20-,21+,24-/m1/s1. The van der Waals surface area contributed by atoms with Crippen LogP contribution in [0.2, 0.25) is 0 Å². The number of rotatable bonds is 10. The fraction of sp³-hybridized carbons (Fsp3) is 0.667. The summed E-state index contributed by atoms with van der Waals surface area (Å²) in [4.78, 5) is 30.2. The van der Waals surface area contributed by atoms with E-state index >= 15 is 0 Å². The van der Waals surface area contributed by atoms with Crippen LogP contribution in [0.3, 0.4) is 0 Å². The maximum Gasteiger partial charge on any atom is 0.490 e. The molecule has 16 heteroatoms.